The molecule has 0 amide bonds. The molecule has 4 fully saturated rings. The number of fused-ring (bicyclic) bond motifs is 7. The normalized spacial score (nSPS) is 47.5. The van der Waals surface area contributed by atoms with Crippen LogP contribution in [0.2, 0.25) is 0 Å². The van der Waals surface area contributed by atoms with Gasteiger partial charge in [-0.1, -0.05) is 66.2 Å². The second-order valence-electron chi connectivity index (χ2n) is 16.5. The summed E-state index contributed by atoms with van der Waals surface area (Å²) in [5.74, 6) is -0.369. The zero-order valence-electron chi connectivity index (χ0n) is 26.5. The van der Waals surface area contributed by atoms with Crippen LogP contribution in [0.15, 0.2) is 23.3 Å². The van der Waals surface area contributed by atoms with Crippen LogP contribution >= 0.6 is 0 Å². The lowest BCUT2D eigenvalue weighted by Crippen LogP contribution is -2.66. The number of hydrogen-bond acceptors (Lipinski definition) is 4. The van der Waals surface area contributed by atoms with Crippen LogP contribution in [0, 0.1) is 50.2 Å². The SMILES string of the molecule is C/C=C(/C)C(=O)O[C@@H]1CC(C)(C)C[C@H]2C3=CC[C@@H]4[C@@]5(C)CC[C@H](O)C(C)(C)[C@@H]5CC[C@@]4(C)[C@]3(C)CC[C@@]12C(=O)O. The van der Waals surface area contributed by atoms with Crippen molar-refractivity contribution in [2.45, 2.75) is 132 Å². The third-order valence-electron chi connectivity index (χ3n) is 14.0. The third-order valence-corrected chi connectivity index (χ3v) is 14.0. The molecule has 0 aliphatic heterocycles. The van der Waals surface area contributed by atoms with E-state index in [4.69, 9.17) is 4.74 Å². The molecule has 0 bridgehead atoms. The maximum Gasteiger partial charge on any atom is 0.333 e. The molecular weight excluding hydrogens is 500 g/mol. The van der Waals surface area contributed by atoms with Gasteiger partial charge in [0.05, 0.1) is 6.10 Å². The Bertz CT molecular complexity index is 1150. The van der Waals surface area contributed by atoms with Crippen molar-refractivity contribution < 1.29 is 24.5 Å². The fourth-order valence-corrected chi connectivity index (χ4v) is 11.3. The van der Waals surface area contributed by atoms with Gasteiger partial charge in [-0.3, -0.25) is 4.79 Å². The first-order chi connectivity index (χ1) is 18.4. The van der Waals surface area contributed by atoms with E-state index in [0.29, 0.717) is 30.3 Å². The highest BCUT2D eigenvalue weighted by atomic mass is 16.5. The molecule has 9 atom stereocenters. The van der Waals surface area contributed by atoms with Gasteiger partial charge in [0.15, 0.2) is 0 Å². The minimum atomic E-state index is -1.09. The van der Waals surface area contributed by atoms with Gasteiger partial charge in [-0.15, -0.1) is 0 Å². The monoisotopic (exact) mass is 554 g/mol. The number of rotatable bonds is 3. The van der Waals surface area contributed by atoms with Crippen molar-refractivity contribution in [3.63, 3.8) is 0 Å². The molecule has 40 heavy (non-hydrogen) atoms. The molecule has 0 saturated heterocycles. The molecule has 5 rings (SSSR count). The summed E-state index contributed by atoms with van der Waals surface area (Å²) in [6.45, 7) is 20.0. The van der Waals surface area contributed by atoms with E-state index in [-0.39, 0.29) is 39.1 Å². The second kappa shape index (κ2) is 9.19. The van der Waals surface area contributed by atoms with E-state index in [2.05, 4.69) is 54.5 Å². The first kappa shape index (κ1) is 29.9. The van der Waals surface area contributed by atoms with Crippen LogP contribution in [0.3, 0.4) is 0 Å². The molecular formula is C35H54O5. The van der Waals surface area contributed by atoms with Crippen molar-refractivity contribution in [2.75, 3.05) is 0 Å². The number of carbonyl (C=O) groups is 2. The summed E-state index contributed by atoms with van der Waals surface area (Å²) in [7, 11) is 0. The van der Waals surface area contributed by atoms with Crippen LogP contribution in [0.4, 0.5) is 0 Å². The van der Waals surface area contributed by atoms with E-state index >= 15 is 0 Å². The van der Waals surface area contributed by atoms with Crippen LogP contribution in [0.1, 0.15) is 120 Å². The summed E-state index contributed by atoms with van der Waals surface area (Å²) in [4.78, 5) is 26.4. The molecule has 0 heterocycles. The molecule has 0 radical (unpaired) electrons. The summed E-state index contributed by atoms with van der Waals surface area (Å²) < 4.78 is 6.14. The summed E-state index contributed by atoms with van der Waals surface area (Å²) >= 11 is 0. The van der Waals surface area contributed by atoms with Crippen molar-refractivity contribution in [3.05, 3.63) is 23.3 Å². The number of carboxylic acids is 1. The standard InChI is InChI=1S/C35H54O5/c1-10-21(2)28(37)40-27-20-30(3,4)19-23-22-11-12-25-32(7)15-14-26(36)31(5,6)24(32)13-16-34(25,9)33(22,8)17-18-35(23,27)29(38)39/h10-11,23-27,36H,12-20H2,1-9H3,(H,38,39)/b21-10-/t23-,24-,25+,26-,27+,32-,33+,34+,35-/m0/s1. The Kier molecular flexibility index (Phi) is 6.86. The maximum atomic E-state index is 13.4. The molecule has 5 nitrogen and oxygen atoms in total. The van der Waals surface area contributed by atoms with Gasteiger partial charge in [-0.2, -0.15) is 0 Å². The number of aliphatic carboxylic acids is 1. The number of carboxylic acid groups (broad SMARTS) is 1. The second-order valence-corrected chi connectivity index (χ2v) is 16.5. The molecule has 0 aromatic carbocycles. The van der Waals surface area contributed by atoms with Gasteiger partial charge in [-0.05, 0) is 111 Å². The molecule has 0 aromatic heterocycles. The van der Waals surface area contributed by atoms with Gasteiger partial charge < -0.3 is 14.9 Å². The molecule has 5 heteroatoms. The van der Waals surface area contributed by atoms with Gasteiger partial charge in [0.2, 0.25) is 0 Å². The number of esters is 1. The zero-order valence-corrected chi connectivity index (χ0v) is 26.5. The van der Waals surface area contributed by atoms with E-state index in [0.717, 1.165) is 44.9 Å². The summed E-state index contributed by atoms with van der Waals surface area (Å²) in [6, 6.07) is 0. The average Bonchev–Trinajstić information content (AvgIpc) is 2.85. The highest BCUT2D eigenvalue weighted by molar-refractivity contribution is 5.88. The Morgan fingerprint density at radius 3 is 2.25 bits per heavy atom. The van der Waals surface area contributed by atoms with Gasteiger partial charge in [0.1, 0.15) is 11.5 Å². The molecule has 0 aromatic rings. The molecule has 5 aliphatic rings. The number of allylic oxidation sites excluding steroid dienone is 3. The molecule has 5 aliphatic carbocycles. The lowest BCUT2D eigenvalue weighted by Gasteiger charge is -2.71. The van der Waals surface area contributed by atoms with Crippen LogP contribution < -0.4 is 0 Å². The summed E-state index contributed by atoms with van der Waals surface area (Å²) in [5, 5.41) is 21.9. The van der Waals surface area contributed by atoms with Crippen molar-refractivity contribution in [2.24, 2.45) is 50.2 Å². The molecule has 2 N–H and O–H groups in total. The molecule has 224 valence electrons. The fourth-order valence-electron chi connectivity index (χ4n) is 11.3. The zero-order chi connectivity index (χ0) is 29.7. The van der Waals surface area contributed by atoms with E-state index in [1.807, 2.05) is 6.92 Å². The van der Waals surface area contributed by atoms with Crippen LogP contribution in [-0.2, 0) is 14.3 Å². The van der Waals surface area contributed by atoms with Crippen molar-refractivity contribution >= 4 is 11.9 Å². The number of aliphatic hydroxyl groups is 1. The Hall–Kier alpha value is -1.62. The Balaban J connectivity index is 1.60. The van der Waals surface area contributed by atoms with Gasteiger partial charge >= 0.3 is 11.9 Å². The lowest BCUT2D eigenvalue weighted by atomic mass is 9.33. The van der Waals surface area contributed by atoms with Gasteiger partial charge in [-0.25, -0.2) is 4.79 Å². The average molecular weight is 555 g/mol. The third kappa shape index (κ3) is 3.81. The number of aliphatic hydroxyl groups excluding tert-OH is 1. The number of hydrogen-bond donors (Lipinski definition) is 2. The smallest absolute Gasteiger partial charge is 0.333 e. The first-order valence-electron chi connectivity index (χ1n) is 15.9. The minimum absolute atomic E-state index is 0.0562. The highest BCUT2D eigenvalue weighted by Crippen LogP contribution is 2.75. The molecule has 0 unspecified atom stereocenters. The van der Waals surface area contributed by atoms with Crippen LogP contribution in [0.5, 0.6) is 0 Å². The van der Waals surface area contributed by atoms with Gasteiger partial charge in [0, 0.05) is 11.5 Å². The fraction of sp³-hybridized carbons (Fsp3) is 0.829. The Morgan fingerprint density at radius 1 is 0.950 bits per heavy atom. The topological polar surface area (TPSA) is 83.8 Å². The number of ether oxygens (including phenoxy) is 1. The maximum absolute atomic E-state index is 13.4. The Morgan fingerprint density at radius 2 is 1.62 bits per heavy atom. The van der Waals surface area contributed by atoms with Crippen molar-refractivity contribution in [1.29, 1.82) is 0 Å². The quantitative estimate of drug-likeness (QED) is 0.212. The first-order valence-corrected chi connectivity index (χ1v) is 15.9. The predicted molar refractivity (Wildman–Crippen MR) is 157 cm³/mol. The van der Waals surface area contributed by atoms with Crippen LogP contribution in [-0.4, -0.2) is 34.4 Å². The molecule has 4 saturated carbocycles. The van der Waals surface area contributed by atoms with Gasteiger partial charge in [0.25, 0.3) is 0 Å². The largest absolute Gasteiger partial charge is 0.481 e. The highest BCUT2D eigenvalue weighted by Gasteiger charge is 2.71. The Labute approximate surface area is 242 Å². The van der Waals surface area contributed by atoms with E-state index in [1.54, 1.807) is 13.0 Å². The lowest BCUT2D eigenvalue weighted by molar-refractivity contribution is -0.215. The van der Waals surface area contributed by atoms with E-state index in [9.17, 15) is 19.8 Å². The van der Waals surface area contributed by atoms with Crippen molar-refractivity contribution in [1.82, 2.24) is 0 Å². The summed E-state index contributed by atoms with van der Waals surface area (Å²) in [6.07, 6.45) is 11.1. The van der Waals surface area contributed by atoms with E-state index < -0.39 is 23.5 Å². The molecule has 0 spiro atoms. The predicted octanol–water partition coefficient (Wildman–Crippen LogP) is 7.72. The minimum Gasteiger partial charge on any atom is -0.481 e. The van der Waals surface area contributed by atoms with Crippen molar-refractivity contribution in [3.8, 4) is 0 Å². The summed E-state index contributed by atoms with van der Waals surface area (Å²) in [5.41, 5.74) is 0.632. The van der Waals surface area contributed by atoms with Crippen LogP contribution in [0.25, 0.3) is 0 Å². The number of carbonyl (C=O) groups excluding carboxylic acids is 1. The van der Waals surface area contributed by atoms with E-state index in [1.165, 1.54) is 5.57 Å².